The number of carboxylic acid groups (broad SMARTS) is 1. The highest BCUT2D eigenvalue weighted by Gasteiger charge is 2.13. The average molecular weight is 293 g/mol. The lowest BCUT2D eigenvalue weighted by molar-refractivity contribution is -0.137. The number of hydrogen-bond acceptors (Lipinski definition) is 4. The molecule has 0 aliphatic heterocycles. The molecule has 0 saturated heterocycles. The molecule has 0 aliphatic rings. The molecule has 0 unspecified atom stereocenters. The molecule has 0 saturated carbocycles. The Kier molecular flexibility index (Phi) is 6.35. The van der Waals surface area contributed by atoms with Crippen molar-refractivity contribution in [2.45, 2.75) is 13.3 Å². The van der Waals surface area contributed by atoms with Crippen molar-refractivity contribution in [2.75, 3.05) is 25.0 Å². The largest absolute Gasteiger partial charge is 0.481 e. The van der Waals surface area contributed by atoms with Crippen molar-refractivity contribution < 1.29 is 19.5 Å². The minimum Gasteiger partial charge on any atom is -0.481 e. The van der Waals surface area contributed by atoms with E-state index in [1.165, 1.54) is 6.07 Å². The van der Waals surface area contributed by atoms with Crippen LogP contribution in [0.4, 0.5) is 5.69 Å². The monoisotopic (exact) mass is 293 g/mol. The fraction of sp³-hybridized carbons (Fsp3) is 0.357. The number of rotatable bonds is 8. The van der Waals surface area contributed by atoms with Gasteiger partial charge in [0.25, 0.3) is 5.91 Å². The Labute approximate surface area is 122 Å². The fourth-order valence-corrected chi connectivity index (χ4v) is 1.80. The van der Waals surface area contributed by atoms with Gasteiger partial charge in [0, 0.05) is 6.54 Å². The molecule has 0 radical (unpaired) electrons. The van der Waals surface area contributed by atoms with Gasteiger partial charge in [-0.1, -0.05) is 19.1 Å². The molecular weight excluding hydrogens is 274 g/mol. The Morgan fingerprint density at radius 3 is 2.52 bits per heavy atom. The number of likely N-dealkylation sites (N-methyl/N-ethyl adjacent to an activating group) is 1. The maximum Gasteiger partial charge on any atom is 0.304 e. The van der Waals surface area contributed by atoms with Gasteiger partial charge in [-0.2, -0.15) is 0 Å². The van der Waals surface area contributed by atoms with Crippen LogP contribution in [-0.4, -0.2) is 47.4 Å². The van der Waals surface area contributed by atoms with Gasteiger partial charge >= 0.3 is 5.97 Å². The zero-order valence-electron chi connectivity index (χ0n) is 11.8. The third-order valence-corrected chi connectivity index (χ3v) is 2.92. The first kappa shape index (κ1) is 16.6. The molecule has 1 aromatic carbocycles. The quantitative estimate of drug-likeness (QED) is 0.647. The molecule has 0 fully saturated rings. The summed E-state index contributed by atoms with van der Waals surface area (Å²) in [5.74, 6) is -1.85. The van der Waals surface area contributed by atoms with Gasteiger partial charge < -0.3 is 16.2 Å². The van der Waals surface area contributed by atoms with Crippen LogP contribution in [0.25, 0.3) is 0 Å². The first-order valence-corrected chi connectivity index (χ1v) is 6.56. The van der Waals surface area contributed by atoms with Crippen molar-refractivity contribution in [3.63, 3.8) is 0 Å². The molecule has 21 heavy (non-hydrogen) atoms. The number of benzene rings is 1. The van der Waals surface area contributed by atoms with Crippen LogP contribution in [0.5, 0.6) is 0 Å². The summed E-state index contributed by atoms with van der Waals surface area (Å²) >= 11 is 0. The number of carboxylic acids is 1. The second kappa shape index (κ2) is 8.01. The van der Waals surface area contributed by atoms with E-state index >= 15 is 0 Å². The van der Waals surface area contributed by atoms with Crippen LogP contribution in [0.2, 0.25) is 0 Å². The smallest absolute Gasteiger partial charge is 0.304 e. The van der Waals surface area contributed by atoms with Crippen LogP contribution < -0.4 is 11.1 Å². The van der Waals surface area contributed by atoms with E-state index in [1.807, 2.05) is 6.92 Å². The number of nitrogens with two attached hydrogens (primary N) is 1. The van der Waals surface area contributed by atoms with E-state index in [2.05, 4.69) is 5.32 Å². The summed E-state index contributed by atoms with van der Waals surface area (Å²) < 4.78 is 0. The van der Waals surface area contributed by atoms with E-state index < -0.39 is 11.9 Å². The highest BCUT2D eigenvalue weighted by Crippen LogP contribution is 2.14. The molecule has 114 valence electrons. The minimum atomic E-state index is -0.909. The molecule has 0 spiro atoms. The van der Waals surface area contributed by atoms with Crippen LogP contribution in [0.15, 0.2) is 24.3 Å². The topological polar surface area (TPSA) is 113 Å². The van der Waals surface area contributed by atoms with E-state index in [0.29, 0.717) is 12.2 Å². The number of para-hydroxylation sites is 1. The summed E-state index contributed by atoms with van der Waals surface area (Å²) in [6.45, 7) is 2.73. The zero-order valence-corrected chi connectivity index (χ0v) is 11.8. The van der Waals surface area contributed by atoms with E-state index in [1.54, 1.807) is 23.1 Å². The molecule has 0 heterocycles. The first-order valence-electron chi connectivity index (χ1n) is 6.56. The highest BCUT2D eigenvalue weighted by atomic mass is 16.4. The Bertz CT molecular complexity index is 531. The number of nitrogens with zero attached hydrogens (tertiary/aromatic N) is 1. The molecule has 1 aromatic rings. The van der Waals surface area contributed by atoms with Crippen molar-refractivity contribution in [1.29, 1.82) is 0 Å². The van der Waals surface area contributed by atoms with Crippen molar-refractivity contribution in [2.24, 2.45) is 5.73 Å². The number of nitrogens with one attached hydrogen (secondary N) is 1. The molecule has 4 N–H and O–H groups in total. The molecule has 0 atom stereocenters. The number of hydrogen-bond donors (Lipinski definition) is 3. The number of anilines is 1. The predicted octanol–water partition coefficient (Wildman–Crippen LogP) is 0.521. The molecule has 1 rings (SSSR count). The number of carbonyl (C=O) groups excluding carboxylic acids is 2. The number of carbonyl (C=O) groups is 3. The maximum atomic E-state index is 11.9. The highest BCUT2D eigenvalue weighted by molar-refractivity contribution is 6.03. The Morgan fingerprint density at radius 2 is 1.95 bits per heavy atom. The van der Waals surface area contributed by atoms with Gasteiger partial charge in [-0.3, -0.25) is 19.3 Å². The maximum absolute atomic E-state index is 11.9. The SMILES string of the molecule is CCN(CCC(=O)O)CC(=O)Nc1ccccc1C(N)=O. The van der Waals surface area contributed by atoms with Crippen molar-refractivity contribution >= 4 is 23.5 Å². The second-order valence-electron chi connectivity index (χ2n) is 4.47. The van der Waals surface area contributed by atoms with E-state index in [-0.39, 0.29) is 31.0 Å². The minimum absolute atomic E-state index is 0.0288. The first-order chi connectivity index (χ1) is 9.93. The lowest BCUT2D eigenvalue weighted by Crippen LogP contribution is -2.35. The third-order valence-electron chi connectivity index (χ3n) is 2.92. The van der Waals surface area contributed by atoms with Gasteiger partial charge in [0.15, 0.2) is 0 Å². The average Bonchev–Trinajstić information content (AvgIpc) is 2.43. The molecular formula is C14H19N3O4. The molecule has 7 heteroatoms. The summed E-state index contributed by atoms with van der Waals surface area (Å²) in [4.78, 5) is 35.4. The Balaban J connectivity index is 2.64. The van der Waals surface area contributed by atoms with Crippen LogP contribution in [0.1, 0.15) is 23.7 Å². The van der Waals surface area contributed by atoms with Crippen LogP contribution in [0, 0.1) is 0 Å². The standard InChI is InChI=1S/C14H19N3O4/c1-2-17(8-7-13(19)20)9-12(18)16-11-6-4-3-5-10(11)14(15)21/h3-6H,2,7-9H2,1H3,(H2,15,21)(H,16,18)(H,19,20). The number of aliphatic carboxylic acids is 1. The van der Waals surface area contributed by atoms with Gasteiger partial charge in [-0.05, 0) is 18.7 Å². The summed E-state index contributed by atoms with van der Waals surface area (Å²) in [7, 11) is 0. The van der Waals surface area contributed by atoms with Gasteiger partial charge in [0.05, 0.1) is 24.2 Å². The lowest BCUT2D eigenvalue weighted by Gasteiger charge is -2.19. The van der Waals surface area contributed by atoms with E-state index in [0.717, 1.165) is 0 Å². The second-order valence-corrected chi connectivity index (χ2v) is 4.47. The van der Waals surface area contributed by atoms with E-state index in [4.69, 9.17) is 10.8 Å². The number of amides is 2. The summed E-state index contributed by atoms with van der Waals surface area (Å²) in [5.41, 5.74) is 5.82. The zero-order chi connectivity index (χ0) is 15.8. The summed E-state index contributed by atoms with van der Waals surface area (Å²) in [6.07, 6.45) is -0.0288. The Hall–Kier alpha value is -2.41. The van der Waals surface area contributed by atoms with Crippen molar-refractivity contribution in [3.8, 4) is 0 Å². The molecule has 2 amide bonds. The molecule has 0 aromatic heterocycles. The van der Waals surface area contributed by atoms with Gasteiger partial charge in [0.2, 0.25) is 5.91 Å². The van der Waals surface area contributed by atoms with Crippen molar-refractivity contribution in [3.05, 3.63) is 29.8 Å². The lowest BCUT2D eigenvalue weighted by atomic mass is 10.1. The summed E-state index contributed by atoms with van der Waals surface area (Å²) in [6, 6.07) is 6.45. The van der Waals surface area contributed by atoms with Crippen LogP contribution in [0.3, 0.4) is 0 Å². The van der Waals surface area contributed by atoms with Crippen LogP contribution >= 0.6 is 0 Å². The molecule has 0 bridgehead atoms. The Morgan fingerprint density at radius 1 is 1.29 bits per heavy atom. The molecule has 0 aliphatic carbocycles. The third kappa shape index (κ3) is 5.62. The molecule has 7 nitrogen and oxygen atoms in total. The predicted molar refractivity (Wildman–Crippen MR) is 78.0 cm³/mol. The number of primary amides is 1. The summed E-state index contributed by atoms with van der Waals surface area (Å²) in [5, 5.41) is 11.3. The fourth-order valence-electron chi connectivity index (χ4n) is 1.80. The van der Waals surface area contributed by atoms with Gasteiger partial charge in [-0.25, -0.2) is 0 Å². The normalized spacial score (nSPS) is 10.4. The van der Waals surface area contributed by atoms with E-state index in [9.17, 15) is 14.4 Å². The van der Waals surface area contributed by atoms with Gasteiger partial charge in [0.1, 0.15) is 0 Å². The van der Waals surface area contributed by atoms with Gasteiger partial charge in [-0.15, -0.1) is 0 Å². The van der Waals surface area contributed by atoms with Crippen molar-refractivity contribution in [1.82, 2.24) is 4.90 Å². The van der Waals surface area contributed by atoms with Crippen LogP contribution in [-0.2, 0) is 9.59 Å².